The zero-order valence-corrected chi connectivity index (χ0v) is 12.4. The summed E-state index contributed by atoms with van der Waals surface area (Å²) in [6, 6.07) is 2.12. The van der Waals surface area contributed by atoms with Gasteiger partial charge >= 0.3 is 0 Å². The molecular weight excluding hydrogens is 264 g/mol. The van der Waals surface area contributed by atoms with Crippen molar-refractivity contribution in [1.82, 2.24) is 20.4 Å². The molecule has 4 rings (SSSR count). The van der Waals surface area contributed by atoms with E-state index in [2.05, 4.69) is 20.4 Å². The molecule has 1 aromatic heterocycles. The van der Waals surface area contributed by atoms with Gasteiger partial charge in [-0.25, -0.2) is 0 Å². The summed E-state index contributed by atoms with van der Waals surface area (Å²) < 4.78 is 0. The second-order valence-electron chi connectivity index (χ2n) is 6.88. The van der Waals surface area contributed by atoms with Crippen LogP contribution in [0.2, 0.25) is 0 Å². The molecule has 5 heteroatoms. The number of nitrogens with zero attached hydrogens (tertiary/aromatic N) is 2. The maximum atomic E-state index is 12.9. The van der Waals surface area contributed by atoms with Gasteiger partial charge in [0.05, 0.1) is 6.04 Å². The minimum absolute atomic E-state index is 0.0815. The van der Waals surface area contributed by atoms with E-state index in [0.29, 0.717) is 17.7 Å². The average molecular weight is 288 g/mol. The number of aromatic nitrogens is 2. The maximum absolute atomic E-state index is 12.9. The van der Waals surface area contributed by atoms with Crippen LogP contribution in [0.3, 0.4) is 0 Å². The first kappa shape index (κ1) is 13.3. The third kappa shape index (κ3) is 2.37. The van der Waals surface area contributed by atoms with E-state index in [1.54, 1.807) is 6.20 Å². The lowest BCUT2D eigenvalue weighted by Crippen LogP contribution is -2.49. The zero-order valence-electron chi connectivity index (χ0n) is 12.4. The Balaban J connectivity index is 1.44. The fraction of sp³-hybridized carbons (Fsp3) is 0.750. The van der Waals surface area contributed by atoms with Gasteiger partial charge in [-0.1, -0.05) is 6.42 Å². The highest BCUT2D eigenvalue weighted by Gasteiger charge is 2.44. The van der Waals surface area contributed by atoms with Crippen LogP contribution in [-0.2, 0) is 4.79 Å². The SMILES string of the molecule is O=C(C1NCC2CCCC21)N1CCCC(c2ccn[nH]2)C1. The number of aromatic amines is 1. The van der Waals surface area contributed by atoms with Gasteiger partial charge in [0.15, 0.2) is 0 Å². The number of nitrogens with one attached hydrogen (secondary N) is 2. The average Bonchev–Trinajstić information content (AvgIpc) is 3.23. The number of hydrogen-bond acceptors (Lipinski definition) is 3. The molecule has 0 spiro atoms. The van der Waals surface area contributed by atoms with Crippen molar-refractivity contribution in [2.45, 2.75) is 44.1 Å². The number of fused-ring (bicyclic) bond motifs is 1. The third-order valence-electron chi connectivity index (χ3n) is 5.71. The van der Waals surface area contributed by atoms with Crippen LogP contribution in [0.15, 0.2) is 12.3 Å². The molecular formula is C16H24N4O. The lowest BCUT2D eigenvalue weighted by molar-refractivity contribution is -0.135. The molecule has 1 aliphatic carbocycles. The molecule has 3 aliphatic rings. The van der Waals surface area contributed by atoms with Crippen LogP contribution in [0.25, 0.3) is 0 Å². The Kier molecular flexibility index (Phi) is 3.45. The first-order chi connectivity index (χ1) is 10.3. The molecule has 21 heavy (non-hydrogen) atoms. The number of likely N-dealkylation sites (tertiary alicyclic amines) is 1. The number of carbonyl (C=O) groups is 1. The van der Waals surface area contributed by atoms with Gasteiger partial charge in [0, 0.05) is 30.9 Å². The van der Waals surface area contributed by atoms with Crippen molar-refractivity contribution in [2.24, 2.45) is 11.8 Å². The van der Waals surface area contributed by atoms with Crippen molar-refractivity contribution >= 4 is 5.91 Å². The molecule has 3 fully saturated rings. The van der Waals surface area contributed by atoms with Crippen molar-refractivity contribution in [2.75, 3.05) is 19.6 Å². The van der Waals surface area contributed by atoms with E-state index in [0.717, 1.165) is 38.4 Å². The Bertz CT molecular complexity index is 500. The van der Waals surface area contributed by atoms with Crippen LogP contribution in [0.1, 0.15) is 43.7 Å². The molecule has 2 saturated heterocycles. The van der Waals surface area contributed by atoms with Crippen molar-refractivity contribution in [3.8, 4) is 0 Å². The van der Waals surface area contributed by atoms with Crippen molar-refractivity contribution in [3.63, 3.8) is 0 Å². The lowest BCUT2D eigenvalue weighted by Gasteiger charge is -2.35. The molecule has 0 aromatic carbocycles. The predicted molar refractivity (Wildman–Crippen MR) is 79.8 cm³/mol. The van der Waals surface area contributed by atoms with E-state index in [1.807, 2.05) is 6.07 Å². The molecule has 4 atom stereocenters. The van der Waals surface area contributed by atoms with Gasteiger partial charge in [0.25, 0.3) is 0 Å². The van der Waals surface area contributed by atoms with Gasteiger partial charge in [0.1, 0.15) is 0 Å². The first-order valence-electron chi connectivity index (χ1n) is 8.34. The van der Waals surface area contributed by atoms with E-state index in [1.165, 1.54) is 25.0 Å². The lowest BCUT2D eigenvalue weighted by atomic mass is 9.91. The fourth-order valence-electron chi connectivity index (χ4n) is 4.58. The van der Waals surface area contributed by atoms with Crippen molar-refractivity contribution < 1.29 is 4.79 Å². The van der Waals surface area contributed by atoms with E-state index < -0.39 is 0 Å². The zero-order chi connectivity index (χ0) is 14.2. The van der Waals surface area contributed by atoms with Crippen LogP contribution in [-0.4, -0.2) is 46.7 Å². The number of piperidine rings is 1. The molecule has 5 nitrogen and oxygen atoms in total. The standard InChI is InChI=1S/C16H24N4O/c21-16(15-13-5-1-3-11(13)9-17-15)20-8-2-4-12(10-20)14-6-7-18-19-14/h6-7,11-13,15,17H,1-5,8-10H2,(H,18,19). The summed E-state index contributed by atoms with van der Waals surface area (Å²) in [6.07, 6.45) is 7.88. The monoisotopic (exact) mass is 288 g/mol. The normalized spacial score (nSPS) is 35.9. The molecule has 1 aromatic rings. The Morgan fingerprint density at radius 2 is 2.24 bits per heavy atom. The Morgan fingerprint density at radius 1 is 1.29 bits per heavy atom. The fourth-order valence-corrected chi connectivity index (χ4v) is 4.58. The third-order valence-corrected chi connectivity index (χ3v) is 5.71. The summed E-state index contributed by atoms with van der Waals surface area (Å²) in [5.74, 6) is 2.09. The van der Waals surface area contributed by atoms with Gasteiger partial charge < -0.3 is 10.2 Å². The first-order valence-corrected chi connectivity index (χ1v) is 8.34. The van der Waals surface area contributed by atoms with Crippen LogP contribution in [0.5, 0.6) is 0 Å². The van der Waals surface area contributed by atoms with Gasteiger partial charge in [-0.05, 0) is 50.1 Å². The van der Waals surface area contributed by atoms with Crippen LogP contribution in [0, 0.1) is 11.8 Å². The van der Waals surface area contributed by atoms with Gasteiger partial charge in [-0.3, -0.25) is 9.89 Å². The van der Waals surface area contributed by atoms with E-state index in [9.17, 15) is 4.79 Å². The molecule has 1 saturated carbocycles. The Hall–Kier alpha value is -1.36. The van der Waals surface area contributed by atoms with E-state index in [4.69, 9.17) is 0 Å². The Labute approximate surface area is 125 Å². The smallest absolute Gasteiger partial charge is 0.240 e. The minimum atomic E-state index is 0.0815. The van der Waals surface area contributed by atoms with Gasteiger partial charge in [-0.2, -0.15) is 5.10 Å². The summed E-state index contributed by atoms with van der Waals surface area (Å²) in [5, 5.41) is 10.6. The molecule has 2 N–H and O–H groups in total. The highest BCUT2D eigenvalue weighted by atomic mass is 16.2. The van der Waals surface area contributed by atoms with Crippen molar-refractivity contribution in [3.05, 3.63) is 18.0 Å². The number of amides is 1. The van der Waals surface area contributed by atoms with Gasteiger partial charge in [-0.15, -0.1) is 0 Å². The molecule has 0 radical (unpaired) electrons. The summed E-state index contributed by atoms with van der Waals surface area (Å²) in [6.45, 7) is 2.80. The van der Waals surface area contributed by atoms with E-state index in [-0.39, 0.29) is 6.04 Å². The second kappa shape index (κ2) is 5.44. The molecule has 4 unspecified atom stereocenters. The van der Waals surface area contributed by atoms with E-state index >= 15 is 0 Å². The largest absolute Gasteiger partial charge is 0.341 e. The highest BCUT2D eigenvalue weighted by molar-refractivity contribution is 5.83. The predicted octanol–water partition coefficient (Wildman–Crippen LogP) is 1.50. The number of H-pyrrole nitrogens is 1. The molecule has 1 amide bonds. The summed E-state index contributed by atoms with van der Waals surface area (Å²) in [7, 11) is 0. The van der Waals surface area contributed by atoms with Crippen LogP contribution >= 0.6 is 0 Å². The number of hydrogen-bond donors (Lipinski definition) is 2. The van der Waals surface area contributed by atoms with Crippen molar-refractivity contribution in [1.29, 1.82) is 0 Å². The quantitative estimate of drug-likeness (QED) is 0.867. The minimum Gasteiger partial charge on any atom is -0.341 e. The summed E-state index contributed by atoms with van der Waals surface area (Å²) >= 11 is 0. The highest BCUT2D eigenvalue weighted by Crippen LogP contribution is 2.38. The second-order valence-corrected chi connectivity index (χ2v) is 6.88. The maximum Gasteiger partial charge on any atom is 0.240 e. The van der Waals surface area contributed by atoms with Crippen LogP contribution < -0.4 is 5.32 Å². The van der Waals surface area contributed by atoms with Crippen LogP contribution in [0.4, 0.5) is 0 Å². The summed E-state index contributed by atoms with van der Waals surface area (Å²) in [5.41, 5.74) is 1.17. The topological polar surface area (TPSA) is 61.0 Å². The number of rotatable bonds is 2. The molecule has 2 aliphatic heterocycles. The molecule has 114 valence electrons. The molecule has 3 heterocycles. The van der Waals surface area contributed by atoms with Gasteiger partial charge in [0.2, 0.25) is 5.91 Å². The number of carbonyl (C=O) groups excluding carboxylic acids is 1. The Morgan fingerprint density at radius 3 is 3.10 bits per heavy atom. The molecule has 0 bridgehead atoms. The summed E-state index contributed by atoms with van der Waals surface area (Å²) in [4.78, 5) is 15.0.